The summed E-state index contributed by atoms with van der Waals surface area (Å²) in [5, 5.41) is 12.4. The number of Topliss-reactive ketones (excluding diaryl/α,β-unsaturated/α-hetero) is 1. The van der Waals surface area contributed by atoms with Crippen LogP contribution in [0.4, 0.5) is 0 Å². The summed E-state index contributed by atoms with van der Waals surface area (Å²) in [7, 11) is 0. The van der Waals surface area contributed by atoms with Crippen molar-refractivity contribution < 1.29 is 9.22 Å². The number of rotatable bonds is 2. The van der Waals surface area contributed by atoms with Gasteiger partial charge in [-0.05, 0) is 32.0 Å². The van der Waals surface area contributed by atoms with Crippen LogP contribution in [0, 0.1) is 17.0 Å². The maximum absolute atomic E-state index is 12.6. The highest BCUT2D eigenvalue weighted by molar-refractivity contribution is 5.94. The molecule has 0 aliphatic heterocycles. The average Bonchev–Trinajstić information content (AvgIpc) is 2.53. The third-order valence-electron chi connectivity index (χ3n) is 3.73. The molecule has 0 aliphatic carbocycles. The van der Waals surface area contributed by atoms with Crippen molar-refractivity contribution in [1.29, 1.82) is 0 Å². The summed E-state index contributed by atoms with van der Waals surface area (Å²) in [6.45, 7) is 3.09. The quantitative estimate of drug-likeness (QED) is 0.539. The van der Waals surface area contributed by atoms with Gasteiger partial charge in [0.25, 0.3) is 11.2 Å². The van der Waals surface area contributed by atoms with Gasteiger partial charge >= 0.3 is 0 Å². The number of fused-ring (bicyclic) bond motifs is 1. The number of carbonyl (C=O) groups is 1. The Bertz CT molecular complexity index is 941. The maximum atomic E-state index is 12.6. The third kappa shape index (κ3) is 2.07. The van der Waals surface area contributed by atoms with E-state index in [1.54, 1.807) is 55.5 Å². The lowest BCUT2D eigenvalue weighted by Crippen LogP contribution is -2.23. The minimum absolute atomic E-state index is 0.0457. The maximum Gasteiger partial charge on any atom is 0.289 e. The van der Waals surface area contributed by atoms with Gasteiger partial charge in [0, 0.05) is 16.5 Å². The zero-order valence-corrected chi connectivity index (χ0v) is 12.2. The second kappa shape index (κ2) is 5.11. The molecule has 0 saturated heterocycles. The van der Waals surface area contributed by atoms with Crippen LogP contribution < -0.4 is 4.43 Å². The molecule has 5 nitrogen and oxygen atoms in total. The molecular formula is C17H14N2O3. The third-order valence-corrected chi connectivity index (χ3v) is 3.73. The molecule has 2 aromatic carbocycles. The molecule has 0 amide bonds. The van der Waals surface area contributed by atoms with E-state index in [-0.39, 0.29) is 5.78 Å². The van der Waals surface area contributed by atoms with Crippen molar-refractivity contribution in [3.63, 3.8) is 0 Å². The standard InChI is InChI=1S/C17H14N2O3/c1-11-17(14-9-7-13(8-10-14)12(2)20)19(22)16-6-4-3-5-15(16)18(11)21/h3-10H,1-2H3. The summed E-state index contributed by atoms with van der Waals surface area (Å²) in [5.41, 5.74) is 2.43. The largest absolute Gasteiger partial charge is 0.805 e. The SMILES string of the molecule is CC(=O)c1ccc(-c2c(C)n([O-])c3ccccc3[n+]2=O)cc1. The predicted octanol–water partition coefficient (Wildman–Crippen LogP) is 3.08. The van der Waals surface area contributed by atoms with Crippen molar-refractivity contribution in [3.05, 3.63) is 69.9 Å². The van der Waals surface area contributed by atoms with E-state index in [0.29, 0.717) is 33.5 Å². The fourth-order valence-electron chi connectivity index (χ4n) is 2.54. The molecule has 0 aliphatic rings. The number of ketones is 1. The summed E-state index contributed by atoms with van der Waals surface area (Å²) in [5.74, 6) is -0.0457. The topological polar surface area (TPSA) is 68.0 Å². The van der Waals surface area contributed by atoms with Crippen LogP contribution in [0.3, 0.4) is 0 Å². The van der Waals surface area contributed by atoms with E-state index >= 15 is 0 Å². The van der Waals surface area contributed by atoms with E-state index in [0.717, 1.165) is 9.16 Å². The summed E-state index contributed by atoms with van der Waals surface area (Å²) >= 11 is 0. The van der Waals surface area contributed by atoms with Gasteiger partial charge in [-0.15, -0.1) is 0 Å². The summed E-state index contributed by atoms with van der Waals surface area (Å²) in [6, 6.07) is 13.3. The fraction of sp³-hybridized carbons (Fsp3) is 0.118. The van der Waals surface area contributed by atoms with Crippen molar-refractivity contribution in [2.45, 2.75) is 13.8 Å². The average molecular weight is 294 g/mol. The zero-order valence-electron chi connectivity index (χ0n) is 12.2. The summed E-state index contributed by atoms with van der Waals surface area (Å²) < 4.78 is 1.53. The highest BCUT2D eigenvalue weighted by Gasteiger charge is 2.21. The van der Waals surface area contributed by atoms with E-state index in [9.17, 15) is 14.9 Å². The number of nitrogens with zero attached hydrogens (tertiary/aromatic N) is 2. The molecule has 0 unspecified atom stereocenters. The molecule has 0 fully saturated rings. The Hall–Kier alpha value is -2.95. The molecule has 0 N–H and O–H groups in total. The number of hydrogen-bond acceptors (Lipinski definition) is 3. The monoisotopic (exact) mass is 294 g/mol. The lowest BCUT2D eigenvalue weighted by Gasteiger charge is -2.16. The van der Waals surface area contributed by atoms with Gasteiger partial charge in [0.2, 0.25) is 0 Å². The van der Waals surface area contributed by atoms with E-state index in [2.05, 4.69) is 0 Å². The lowest BCUT2D eigenvalue weighted by atomic mass is 10.1. The Morgan fingerprint density at radius 1 is 1.09 bits per heavy atom. The molecule has 3 aromatic rings. The van der Waals surface area contributed by atoms with Crippen LogP contribution in [0.15, 0.2) is 48.5 Å². The van der Waals surface area contributed by atoms with Gasteiger partial charge in [-0.2, -0.15) is 0 Å². The number of aromatic nitrogens is 2. The highest BCUT2D eigenvalue weighted by Crippen LogP contribution is 2.23. The first-order valence-electron chi connectivity index (χ1n) is 6.86. The van der Waals surface area contributed by atoms with Crippen molar-refractivity contribution >= 4 is 16.8 Å². The zero-order chi connectivity index (χ0) is 15.9. The Morgan fingerprint density at radius 2 is 1.73 bits per heavy atom. The first-order valence-corrected chi connectivity index (χ1v) is 6.86. The molecule has 1 heterocycles. The predicted molar refractivity (Wildman–Crippen MR) is 84.2 cm³/mol. The van der Waals surface area contributed by atoms with E-state index in [1.165, 1.54) is 6.92 Å². The molecule has 0 atom stereocenters. The Labute approximate surface area is 126 Å². The van der Waals surface area contributed by atoms with Gasteiger partial charge in [0.05, 0.1) is 15.7 Å². The molecule has 22 heavy (non-hydrogen) atoms. The first-order chi connectivity index (χ1) is 10.5. The molecule has 0 bridgehead atoms. The molecule has 0 saturated carbocycles. The number of benzene rings is 2. The van der Waals surface area contributed by atoms with Crippen LogP contribution in [0.2, 0.25) is 0 Å². The second-order valence-corrected chi connectivity index (χ2v) is 5.15. The normalized spacial score (nSPS) is 10.8. The minimum atomic E-state index is -0.0457. The second-order valence-electron chi connectivity index (χ2n) is 5.15. The van der Waals surface area contributed by atoms with Gasteiger partial charge in [-0.25, -0.2) is 0 Å². The lowest BCUT2D eigenvalue weighted by molar-refractivity contribution is -0.452. The Morgan fingerprint density at radius 3 is 2.36 bits per heavy atom. The molecule has 0 spiro atoms. The van der Waals surface area contributed by atoms with Crippen LogP contribution in [0.25, 0.3) is 22.3 Å². The molecule has 5 heteroatoms. The Balaban J connectivity index is 2.31. The van der Waals surface area contributed by atoms with Gasteiger partial charge in [-0.1, -0.05) is 24.3 Å². The van der Waals surface area contributed by atoms with Crippen LogP contribution in [-0.4, -0.2) is 10.5 Å². The van der Waals surface area contributed by atoms with Gasteiger partial charge in [0.1, 0.15) is 5.52 Å². The molecule has 0 radical (unpaired) electrons. The number of carbonyl (C=O) groups excluding carboxylic acids is 1. The van der Waals surface area contributed by atoms with Gasteiger partial charge in [-0.3, -0.25) is 4.79 Å². The smallest absolute Gasteiger partial charge is 0.289 e. The summed E-state index contributed by atoms with van der Waals surface area (Å²) in [6.07, 6.45) is 0. The Kier molecular flexibility index (Phi) is 3.25. The van der Waals surface area contributed by atoms with Crippen LogP contribution in [0.1, 0.15) is 23.0 Å². The van der Waals surface area contributed by atoms with Crippen LogP contribution >= 0.6 is 0 Å². The van der Waals surface area contributed by atoms with E-state index in [1.807, 2.05) is 0 Å². The first kappa shape index (κ1) is 14.0. The van der Waals surface area contributed by atoms with Crippen LogP contribution in [0.5, 0.6) is 0 Å². The number of para-hydroxylation sites is 2. The summed E-state index contributed by atoms with van der Waals surface area (Å²) in [4.78, 5) is 24.0. The van der Waals surface area contributed by atoms with E-state index < -0.39 is 0 Å². The highest BCUT2D eigenvalue weighted by atomic mass is 16.5. The van der Waals surface area contributed by atoms with Crippen molar-refractivity contribution in [1.82, 2.24) is 4.73 Å². The molecule has 110 valence electrons. The van der Waals surface area contributed by atoms with Crippen LogP contribution in [-0.2, 0) is 0 Å². The van der Waals surface area contributed by atoms with Gasteiger partial charge < -0.3 is 9.94 Å². The molecular weight excluding hydrogens is 280 g/mol. The van der Waals surface area contributed by atoms with Crippen molar-refractivity contribution in [3.8, 4) is 11.3 Å². The van der Waals surface area contributed by atoms with Crippen molar-refractivity contribution in [2.75, 3.05) is 0 Å². The molecule has 1 aromatic heterocycles. The molecule has 3 rings (SSSR count). The van der Waals surface area contributed by atoms with Gasteiger partial charge in [0.15, 0.2) is 5.78 Å². The fourth-order valence-corrected chi connectivity index (χ4v) is 2.54. The van der Waals surface area contributed by atoms with Crippen molar-refractivity contribution in [2.24, 2.45) is 0 Å². The number of hydrogen-bond donors (Lipinski definition) is 0. The minimum Gasteiger partial charge on any atom is -0.805 e. The van der Waals surface area contributed by atoms with E-state index in [4.69, 9.17) is 0 Å².